The normalized spacial score (nSPS) is 23.7. The molecule has 1 heterocycles. The first-order chi connectivity index (χ1) is 6.77. The van der Waals surface area contributed by atoms with Crippen molar-refractivity contribution in [1.82, 2.24) is 5.32 Å². The summed E-state index contributed by atoms with van der Waals surface area (Å²) in [5.41, 5.74) is 2.26. The lowest BCUT2D eigenvalue weighted by Gasteiger charge is -2.18. The molecule has 0 aliphatic carbocycles. The van der Waals surface area contributed by atoms with Crippen molar-refractivity contribution in [3.8, 4) is 0 Å². The van der Waals surface area contributed by atoms with E-state index in [1.54, 1.807) is 0 Å². The summed E-state index contributed by atoms with van der Waals surface area (Å²) in [5, 5.41) is 13.4. The molecule has 2 nitrogen and oxygen atoms in total. The highest BCUT2D eigenvalue weighted by atomic mass is 16.3. The second-order valence-electron chi connectivity index (χ2n) is 4.06. The summed E-state index contributed by atoms with van der Waals surface area (Å²) in [5.74, 6) is 0. The SMILES string of the molecule is Cc1ccc([C@H](O)C2CCCN2)cc1. The second kappa shape index (κ2) is 4.11. The van der Waals surface area contributed by atoms with Crippen LogP contribution in [0.25, 0.3) is 0 Å². The van der Waals surface area contributed by atoms with Crippen molar-refractivity contribution in [3.63, 3.8) is 0 Å². The van der Waals surface area contributed by atoms with Gasteiger partial charge in [-0.3, -0.25) is 0 Å². The van der Waals surface area contributed by atoms with Gasteiger partial charge in [-0.2, -0.15) is 0 Å². The van der Waals surface area contributed by atoms with Crippen molar-refractivity contribution in [3.05, 3.63) is 35.4 Å². The van der Waals surface area contributed by atoms with E-state index in [4.69, 9.17) is 0 Å². The Labute approximate surface area is 85.0 Å². The highest BCUT2D eigenvalue weighted by Crippen LogP contribution is 2.22. The molecule has 2 N–H and O–H groups in total. The maximum Gasteiger partial charge on any atom is 0.0942 e. The van der Waals surface area contributed by atoms with Crippen LogP contribution >= 0.6 is 0 Å². The van der Waals surface area contributed by atoms with Crippen molar-refractivity contribution in [1.29, 1.82) is 0 Å². The maximum atomic E-state index is 10.0. The van der Waals surface area contributed by atoms with Gasteiger partial charge in [0.05, 0.1) is 6.10 Å². The second-order valence-corrected chi connectivity index (χ2v) is 4.06. The summed E-state index contributed by atoms with van der Waals surface area (Å²) in [6.45, 7) is 3.09. The summed E-state index contributed by atoms with van der Waals surface area (Å²) in [7, 11) is 0. The van der Waals surface area contributed by atoms with Gasteiger partial charge in [-0.05, 0) is 31.9 Å². The molecule has 1 aliphatic rings. The van der Waals surface area contributed by atoms with Crippen LogP contribution in [0.2, 0.25) is 0 Å². The van der Waals surface area contributed by atoms with Gasteiger partial charge in [0.15, 0.2) is 0 Å². The Morgan fingerprint density at radius 1 is 1.36 bits per heavy atom. The summed E-state index contributed by atoms with van der Waals surface area (Å²) >= 11 is 0. The Hall–Kier alpha value is -0.860. The summed E-state index contributed by atoms with van der Waals surface area (Å²) in [6, 6.07) is 8.37. The van der Waals surface area contributed by atoms with Gasteiger partial charge in [0.2, 0.25) is 0 Å². The molecular formula is C12H17NO. The van der Waals surface area contributed by atoms with E-state index in [-0.39, 0.29) is 12.1 Å². The molecule has 2 atom stereocenters. The van der Waals surface area contributed by atoms with Crippen LogP contribution in [0.3, 0.4) is 0 Å². The number of hydrogen-bond donors (Lipinski definition) is 2. The summed E-state index contributed by atoms with van der Waals surface area (Å²) < 4.78 is 0. The topological polar surface area (TPSA) is 32.3 Å². The third kappa shape index (κ3) is 1.97. The monoisotopic (exact) mass is 191 g/mol. The molecule has 0 aromatic heterocycles. The lowest BCUT2D eigenvalue weighted by atomic mass is 10.0. The van der Waals surface area contributed by atoms with Gasteiger partial charge in [0.1, 0.15) is 0 Å². The first-order valence-corrected chi connectivity index (χ1v) is 5.25. The highest BCUT2D eigenvalue weighted by molar-refractivity contribution is 5.24. The zero-order valence-corrected chi connectivity index (χ0v) is 8.53. The van der Waals surface area contributed by atoms with Crippen LogP contribution in [0.15, 0.2) is 24.3 Å². The van der Waals surface area contributed by atoms with Gasteiger partial charge in [-0.1, -0.05) is 29.8 Å². The molecule has 1 aliphatic heterocycles. The van der Waals surface area contributed by atoms with Crippen molar-refractivity contribution in [2.75, 3.05) is 6.54 Å². The van der Waals surface area contributed by atoms with Crippen LogP contribution in [0.4, 0.5) is 0 Å². The van der Waals surface area contributed by atoms with Crippen LogP contribution in [0.5, 0.6) is 0 Å². The lowest BCUT2D eigenvalue weighted by molar-refractivity contribution is 0.137. The van der Waals surface area contributed by atoms with Crippen LogP contribution in [0.1, 0.15) is 30.1 Å². The number of hydrogen-bond acceptors (Lipinski definition) is 2. The molecule has 2 rings (SSSR count). The predicted octanol–water partition coefficient (Wildman–Crippen LogP) is 1.78. The third-order valence-corrected chi connectivity index (χ3v) is 2.90. The van der Waals surface area contributed by atoms with Gasteiger partial charge in [-0.25, -0.2) is 0 Å². The number of aliphatic hydroxyl groups is 1. The largest absolute Gasteiger partial charge is 0.387 e. The van der Waals surface area contributed by atoms with Crippen molar-refractivity contribution >= 4 is 0 Å². The first kappa shape index (κ1) is 9.69. The van der Waals surface area contributed by atoms with Crippen LogP contribution in [-0.2, 0) is 0 Å². The van der Waals surface area contributed by atoms with Crippen molar-refractivity contribution in [2.24, 2.45) is 0 Å². The molecule has 76 valence electrons. The van der Waals surface area contributed by atoms with E-state index in [1.165, 1.54) is 12.0 Å². The minimum Gasteiger partial charge on any atom is -0.387 e. The molecular weight excluding hydrogens is 174 g/mol. The van der Waals surface area contributed by atoms with E-state index in [1.807, 2.05) is 24.3 Å². The molecule has 0 amide bonds. The molecule has 1 saturated heterocycles. The highest BCUT2D eigenvalue weighted by Gasteiger charge is 2.23. The van der Waals surface area contributed by atoms with Crippen LogP contribution < -0.4 is 5.32 Å². The molecule has 0 bridgehead atoms. The van der Waals surface area contributed by atoms with Crippen molar-refractivity contribution in [2.45, 2.75) is 31.9 Å². The lowest BCUT2D eigenvalue weighted by Crippen LogP contribution is -2.28. The summed E-state index contributed by atoms with van der Waals surface area (Å²) in [6.07, 6.45) is 1.90. The smallest absolute Gasteiger partial charge is 0.0942 e. The van der Waals surface area contributed by atoms with Crippen molar-refractivity contribution < 1.29 is 5.11 Å². The third-order valence-electron chi connectivity index (χ3n) is 2.90. The number of benzene rings is 1. The molecule has 0 spiro atoms. The average Bonchev–Trinajstić information content (AvgIpc) is 2.71. The Morgan fingerprint density at radius 2 is 2.07 bits per heavy atom. The van der Waals surface area contributed by atoms with E-state index in [9.17, 15) is 5.11 Å². The Bertz CT molecular complexity index is 288. The minimum absolute atomic E-state index is 0.248. The number of nitrogens with one attached hydrogen (secondary N) is 1. The van der Waals surface area contributed by atoms with Crippen LogP contribution in [-0.4, -0.2) is 17.7 Å². The average molecular weight is 191 g/mol. The number of aliphatic hydroxyl groups excluding tert-OH is 1. The summed E-state index contributed by atoms with van der Waals surface area (Å²) in [4.78, 5) is 0. The van der Waals surface area contributed by atoms with Gasteiger partial charge in [-0.15, -0.1) is 0 Å². The fourth-order valence-electron chi connectivity index (χ4n) is 1.98. The van der Waals surface area contributed by atoms with E-state index in [2.05, 4.69) is 12.2 Å². The first-order valence-electron chi connectivity index (χ1n) is 5.25. The molecule has 1 aromatic rings. The zero-order valence-electron chi connectivity index (χ0n) is 8.53. The number of rotatable bonds is 2. The standard InChI is InChI=1S/C12H17NO/c1-9-4-6-10(7-5-9)12(14)11-3-2-8-13-11/h4-7,11-14H,2-3,8H2,1H3/t11?,12-/m0/s1. The van der Waals surface area contributed by atoms with Gasteiger partial charge >= 0.3 is 0 Å². The molecule has 1 fully saturated rings. The Morgan fingerprint density at radius 3 is 2.64 bits per heavy atom. The molecule has 0 radical (unpaired) electrons. The molecule has 1 aromatic carbocycles. The van der Waals surface area contributed by atoms with Gasteiger partial charge < -0.3 is 10.4 Å². The van der Waals surface area contributed by atoms with E-state index < -0.39 is 0 Å². The van der Waals surface area contributed by atoms with Gasteiger partial charge in [0, 0.05) is 6.04 Å². The zero-order chi connectivity index (χ0) is 9.97. The van der Waals surface area contributed by atoms with E-state index in [0.29, 0.717) is 0 Å². The van der Waals surface area contributed by atoms with E-state index >= 15 is 0 Å². The minimum atomic E-state index is -0.349. The molecule has 2 heteroatoms. The Kier molecular flexibility index (Phi) is 2.85. The fourth-order valence-corrected chi connectivity index (χ4v) is 1.98. The van der Waals surface area contributed by atoms with Crippen LogP contribution in [0, 0.1) is 6.92 Å². The van der Waals surface area contributed by atoms with E-state index in [0.717, 1.165) is 18.5 Å². The predicted molar refractivity (Wildman–Crippen MR) is 57.2 cm³/mol. The number of aryl methyl sites for hydroxylation is 1. The quantitative estimate of drug-likeness (QED) is 0.747. The fraction of sp³-hybridized carbons (Fsp3) is 0.500. The molecule has 1 unspecified atom stereocenters. The maximum absolute atomic E-state index is 10.0. The molecule has 14 heavy (non-hydrogen) atoms. The molecule has 0 saturated carbocycles. The Balaban J connectivity index is 2.09. The van der Waals surface area contributed by atoms with Gasteiger partial charge in [0.25, 0.3) is 0 Å².